The summed E-state index contributed by atoms with van der Waals surface area (Å²) in [5.74, 6) is 0.231. The fourth-order valence-corrected chi connectivity index (χ4v) is 3.81. The minimum Gasteiger partial charge on any atom is -0.302 e. The molecule has 1 unspecified atom stereocenters. The van der Waals surface area contributed by atoms with Gasteiger partial charge in [0.25, 0.3) is 0 Å². The van der Waals surface area contributed by atoms with Crippen LogP contribution in [-0.2, 0) is 9.59 Å². The van der Waals surface area contributed by atoms with Crippen molar-refractivity contribution >= 4 is 12.1 Å². The summed E-state index contributed by atoms with van der Waals surface area (Å²) in [7, 11) is 0. The molecule has 0 bridgehead atoms. The van der Waals surface area contributed by atoms with E-state index in [0.717, 1.165) is 57.7 Å². The molecule has 26 heavy (non-hydrogen) atoms. The van der Waals surface area contributed by atoms with Gasteiger partial charge in [-0.15, -0.1) is 0 Å². The Labute approximate surface area is 163 Å². The van der Waals surface area contributed by atoms with Crippen LogP contribution in [0.4, 0.5) is 0 Å². The highest BCUT2D eigenvalue weighted by Crippen LogP contribution is 2.33. The molecule has 2 nitrogen and oxygen atoms in total. The zero-order valence-corrected chi connectivity index (χ0v) is 18.1. The van der Waals surface area contributed by atoms with E-state index in [0.29, 0.717) is 6.42 Å². The molecule has 0 aromatic carbocycles. The molecule has 0 spiro atoms. The van der Waals surface area contributed by atoms with Crippen LogP contribution in [-0.4, -0.2) is 12.1 Å². The summed E-state index contributed by atoms with van der Waals surface area (Å²) >= 11 is 0. The van der Waals surface area contributed by atoms with Gasteiger partial charge in [0, 0.05) is 6.42 Å². The molecule has 0 heterocycles. The molecule has 0 radical (unpaired) electrons. The van der Waals surface area contributed by atoms with Crippen LogP contribution >= 0.6 is 0 Å². The van der Waals surface area contributed by atoms with Crippen LogP contribution < -0.4 is 0 Å². The molecule has 0 N–H and O–H groups in total. The van der Waals surface area contributed by atoms with Gasteiger partial charge in [0.05, 0.1) is 5.41 Å². The van der Waals surface area contributed by atoms with Crippen molar-refractivity contribution in [1.82, 2.24) is 0 Å². The summed E-state index contributed by atoms with van der Waals surface area (Å²) in [5.41, 5.74) is -0.677. The first-order valence-electron chi connectivity index (χ1n) is 11.7. The van der Waals surface area contributed by atoms with Gasteiger partial charge >= 0.3 is 0 Å². The molecular formula is C24H46O2. The smallest absolute Gasteiger partial charge is 0.146 e. The van der Waals surface area contributed by atoms with Crippen LogP contribution in [0, 0.1) is 5.41 Å². The average Bonchev–Trinajstić information content (AvgIpc) is 2.66. The van der Waals surface area contributed by atoms with Gasteiger partial charge in [-0.05, 0) is 19.3 Å². The van der Waals surface area contributed by atoms with Gasteiger partial charge in [-0.25, -0.2) is 0 Å². The highest BCUT2D eigenvalue weighted by atomic mass is 16.1. The highest BCUT2D eigenvalue weighted by molar-refractivity contribution is 5.98. The van der Waals surface area contributed by atoms with Gasteiger partial charge in [-0.3, -0.25) is 4.79 Å². The maximum Gasteiger partial charge on any atom is 0.146 e. The number of unbranched alkanes of at least 4 members (excludes halogenated alkanes) is 12. The van der Waals surface area contributed by atoms with Crippen molar-refractivity contribution in [1.29, 1.82) is 0 Å². The number of carbonyl (C=O) groups is 2. The summed E-state index contributed by atoms with van der Waals surface area (Å²) in [6, 6.07) is 0. The van der Waals surface area contributed by atoms with Gasteiger partial charge in [0.15, 0.2) is 0 Å². The summed E-state index contributed by atoms with van der Waals surface area (Å²) in [4.78, 5) is 24.9. The van der Waals surface area contributed by atoms with Crippen molar-refractivity contribution in [3.05, 3.63) is 0 Å². The molecule has 0 saturated heterocycles. The lowest BCUT2D eigenvalue weighted by molar-refractivity contribution is -0.136. The molecule has 2 heteroatoms. The monoisotopic (exact) mass is 366 g/mol. The minimum absolute atomic E-state index is 0.231. The zero-order chi connectivity index (χ0) is 19.5. The average molecular weight is 367 g/mol. The van der Waals surface area contributed by atoms with Crippen LogP contribution in [0.15, 0.2) is 0 Å². The Kier molecular flexibility index (Phi) is 17.3. The largest absolute Gasteiger partial charge is 0.302 e. The molecule has 0 aromatic rings. The summed E-state index contributed by atoms with van der Waals surface area (Å²) in [6.45, 7) is 6.64. The Morgan fingerprint density at radius 1 is 0.615 bits per heavy atom. The fraction of sp³-hybridized carbons (Fsp3) is 0.917. The van der Waals surface area contributed by atoms with E-state index < -0.39 is 5.41 Å². The molecule has 0 aliphatic rings. The number of ketones is 1. The highest BCUT2D eigenvalue weighted by Gasteiger charge is 2.36. The summed E-state index contributed by atoms with van der Waals surface area (Å²) in [5, 5.41) is 0. The fourth-order valence-electron chi connectivity index (χ4n) is 3.81. The second kappa shape index (κ2) is 17.7. The Hall–Kier alpha value is -0.660. The predicted octanol–water partition coefficient (Wildman–Crippen LogP) is 7.82. The van der Waals surface area contributed by atoms with E-state index in [2.05, 4.69) is 20.8 Å². The number of Topliss-reactive ketones (excluding diaryl/α,β-unsaturated/α-hetero) is 1. The number of hydrogen-bond acceptors (Lipinski definition) is 2. The van der Waals surface area contributed by atoms with Crippen LogP contribution in [0.25, 0.3) is 0 Å². The number of aldehydes is 1. The maximum atomic E-state index is 12.9. The first-order valence-corrected chi connectivity index (χ1v) is 11.7. The second-order valence-electron chi connectivity index (χ2n) is 8.19. The molecule has 1 atom stereocenters. The number of rotatable bonds is 20. The van der Waals surface area contributed by atoms with Gasteiger partial charge in [-0.1, -0.05) is 111 Å². The Morgan fingerprint density at radius 2 is 1.00 bits per heavy atom. The first-order chi connectivity index (χ1) is 12.7. The molecule has 0 aliphatic carbocycles. The molecule has 0 aromatic heterocycles. The second-order valence-corrected chi connectivity index (χ2v) is 8.19. The Bertz CT molecular complexity index is 337. The number of hydrogen-bond donors (Lipinski definition) is 0. The third-order valence-corrected chi connectivity index (χ3v) is 5.74. The van der Waals surface area contributed by atoms with Crippen molar-refractivity contribution in [2.45, 2.75) is 136 Å². The predicted molar refractivity (Wildman–Crippen MR) is 114 cm³/mol. The van der Waals surface area contributed by atoms with E-state index >= 15 is 0 Å². The lowest BCUT2D eigenvalue weighted by Crippen LogP contribution is -2.33. The normalized spacial score (nSPS) is 13.5. The zero-order valence-electron chi connectivity index (χ0n) is 18.1. The van der Waals surface area contributed by atoms with Crippen molar-refractivity contribution in [2.75, 3.05) is 0 Å². The molecular weight excluding hydrogens is 320 g/mol. The van der Waals surface area contributed by atoms with E-state index in [1.54, 1.807) is 0 Å². The van der Waals surface area contributed by atoms with Crippen LogP contribution in [0.1, 0.15) is 136 Å². The van der Waals surface area contributed by atoms with Gasteiger partial charge < -0.3 is 4.79 Å². The lowest BCUT2D eigenvalue weighted by atomic mass is 9.74. The Morgan fingerprint density at radius 3 is 1.46 bits per heavy atom. The molecule has 0 saturated carbocycles. The van der Waals surface area contributed by atoms with Crippen LogP contribution in [0.5, 0.6) is 0 Å². The van der Waals surface area contributed by atoms with Crippen LogP contribution in [0.2, 0.25) is 0 Å². The molecule has 0 fully saturated rings. The summed E-state index contributed by atoms with van der Waals surface area (Å²) < 4.78 is 0. The van der Waals surface area contributed by atoms with E-state index in [4.69, 9.17) is 0 Å². The Balaban J connectivity index is 4.51. The quantitative estimate of drug-likeness (QED) is 0.125. The standard InChI is InChI=1S/C24H46O2/c1-4-7-10-13-15-18-21-24(22-25,20-17-12-9-6-3)23(26)19-16-14-11-8-5-2/h22H,4-21H2,1-3H3. The SMILES string of the molecule is CCCCCCCCC(C=O)(CCCCCC)C(=O)CCCCCCC. The van der Waals surface area contributed by atoms with E-state index in [1.165, 1.54) is 57.8 Å². The lowest BCUT2D eigenvalue weighted by Gasteiger charge is -2.27. The van der Waals surface area contributed by atoms with E-state index in [1.807, 2.05) is 0 Å². The molecule has 0 rings (SSSR count). The van der Waals surface area contributed by atoms with Crippen molar-refractivity contribution in [3.63, 3.8) is 0 Å². The summed E-state index contributed by atoms with van der Waals surface area (Å²) in [6.07, 6.45) is 20.8. The third kappa shape index (κ3) is 11.9. The third-order valence-electron chi connectivity index (χ3n) is 5.74. The topological polar surface area (TPSA) is 34.1 Å². The number of carbonyl (C=O) groups excluding carboxylic acids is 2. The van der Waals surface area contributed by atoms with Crippen molar-refractivity contribution in [2.24, 2.45) is 5.41 Å². The first kappa shape index (κ1) is 25.3. The van der Waals surface area contributed by atoms with E-state index in [-0.39, 0.29) is 5.78 Å². The van der Waals surface area contributed by atoms with Gasteiger partial charge in [0.1, 0.15) is 12.1 Å². The van der Waals surface area contributed by atoms with Crippen molar-refractivity contribution in [3.8, 4) is 0 Å². The molecule has 0 aliphatic heterocycles. The van der Waals surface area contributed by atoms with Gasteiger partial charge in [0.2, 0.25) is 0 Å². The van der Waals surface area contributed by atoms with Crippen molar-refractivity contribution < 1.29 is 9.59 Å². The maximum absolute atomic E-state index is 12.9. The minimum atomic E-state index is -0.677. The van der Waals surface area contributed by atoms with Crippen LogP contribution in [0.3, 0.4) is 0 Å². The molecule has 154 valence electrons. The molecule has 0 amide bonds. The van der Waals surface area contributed by atoms with Gasteiger partial charge in [-0.2, -0.15) is 0 Å². The van der Waals surface area contributed by atoms with E-state index in [9.17, 15) is 9.59 Å².